The third-order valence-electron chi connectivity index (χ3n) is 10.1. The number of hydrogen-bond donors (Lipinski definition) is 0. The molecule has 0 aliphatic carbocycles. The Hall–Kier alpha value is -1.10. The molecule has 0 spiro atoms. The third kappa shape index (κ3) is 29.5. The Balaban J connectivity index is 5.14. The van der Waals surface area contributed by atoms with Gasteiger partial charge in [0.05, 0.1) is 13.5 Å². The van der Waals surface area contributed by atoms with E-state index in [1.807, 2.05) is 0 Å². The van der Waals surface area contributed by atoms with Crippen molar-refractivity contribution in [1.29, 1.82) is 0 Å². The Labute approximate surface area is 295 Å². The zero-order valence-corrected chi connectivity index (χ0v) is 33.4. The maximum absolute atomic E-state index is 13.4. The van der Waals surface area contributed by atoms with Crippen LogP contribution in [0.5, 0.6) is 0 Å². The minimum atomic E-state index is -2.32. The number of hydrogen-bond acceptors (Lipinski definition) is 4. The van der Waals surface area contributed by atoms with Crippen LogP contribution in [0.15, 0.2) is 12.2 Å². The fraction of sp³-hybridized carbons (Fsp3) is 0.905. The highest BCUT2D eigenvalue weighted by molar-refractivity contribution is 6.75. The topological polar surface area (TPSA) is 52.6 Å². The van der Waals surface area contributed by atoms with Crippen molar-refractivity contribution in [3.05, 3.63) is 12.2 Å². The predicted octanol–water partition coefficient (Wildman–Crippen LogP) is 14.4. The average molecular weight is 679 g/mol. The Morgan fingerprint density at radius 1 is 0.447 bits per heavy atom. The lowest BCUT2D eigenvalue weighted by atomic mass is 10.1. The minimum Gasteiger partial charge on any atom is -0.516 e. The van der Waals surface area contributed by atoms with Crippen LogP contribution in [0, 0.1) is 0 Å². The maximum Gasteiger partial charge on any atom is 0.320 e. The number of rotatable bonds is 37. The van der Waals surface area contributed by atoms with Crippen molar-refractivity contribution in [3.8, 4) is 0 Å². The van der Waals surface area contributed by atoms with Gasteiger partial charge in [0.15, 0.2) is 0 Å². The molecule has 0 saturated carbocycles. The van der Waals surface area contributed by atoms with Gasteiger partial charge in [0.2, 0.25) is 0 Å². The summed E-state index contributed by atoms with van der Waals surface area (Å²) in [5.74, 6) is -0.758. The fourth-order valence-corrected chi connectivity index (χ4v) is 11.2. The normalized spacial score (nSPS) is 11.6. The average Bonchev–Trinajstić information content (AvgIpc) is 3.07. The van der Waals surface area contributed by atoms with E-state index in [9.17, 15) is 9.59 Å². The van der Waals surface area contributed by atoms with Crippen LogP contribution in [0.4, 0.5) is 0 Å². The maximum atomic E-state index is 13.4. The van der Waals surface area contributed by atoms with Crippen molar-refractivity contribution in [2.75, 3.05) is 7.11 Å². The third-order valence-corrected chi connectivity index (χ3v) is 14.6. The Kier molecular flexibility index (Phi) is 33.9. The SMILES string of the molecule is C=C(CC(=O)OC)C(=O)O[Si](CCCCCCCCCCCC)(CCCCCCCCCCCC)CCCCCCCCCCCC. The first-order valence-electron chi connectivity index (χ1n) is 20.9. The summed E-state index contributed by atoms with van der Waals surface area (Å²) in [7, 11) is -0.953. The molecule has 0 radical (unpaired) electrons. The molecule has 0 atom stereocenters. The fourth-order valence-electron chi connectivity index (χ4n) is 6.92. The quantitative estimate of drug-likeness (QED) is 0.0284. The van der Waals surface area contributed by atoms with Crippen LogP contribution in [0.1, 0.15) is 220 Å². The van der Waals surface area contributed by atoms with Crippen LogP contribution < -0.4 is 0 Å². The molecular formula is C42H82O4Si. The summed E-state index contributed by atoms with van der Waals surface area (Å²) >= 11 is 0. The first-order valence-corrected chi connectivity index (χ1v) is 23.5. The molecule has 0 N–H and O–H groups in total. The van der Waals surface area contributed by atoms with Crippen LogP contribution in [0.25, 0.3) is 0 Å². The zero-order valence-electron chi connectivity index (χ0n) is 32.4. The molecule has 5 heteroatoms. The van der Waals surface area contributed by atoms with Crippen molar-refractivity contribution in [2.24, 2.45) is 0 Å². The highest BCUT2D eigenvalue weighted by atomic mass is 28.4. The van der Waals surface area contributed by atoms with Gasteiger partial charge in [0.1, 0.15) is 0 Å². The lowest BCUT2D eigenvalue weighted by Gasteiger charge is -2.32. The molecule has 0 rings (SSSR count). The predicted molar refractivity (Wildman–Crippen MR) is 208 cm³/mol. The molecule has 0 aliphatic rings. The number of carbonyl (C=O) groups is 2. The summed E-state index contributed by atoms with van der Waals surface area (Å²) in [4.78, 5) is 25.3. The van der Waals surface area contributed by atoms with Crippen LogP contribution >= 0.6 is 0 Å². The number of unbranched alkanes of at least 4 members (excludes halogenated alkanes) is 27. The van der Waals surface area contributed by atoms with Crippen molar-refractivity contribution in [3.63, 3.8) is 0 Å². The molecule has 0 aromatic heterocycles. The summed E-state index contributed by atoms with van der Waals surface area (Å²) in [5, 5.41) is 0. The molecule has 0 unspecified atom stereocenters. The molecule has 0 fully saturated rings. The molecule has 0 bridgehead atoms. The molecule has 0 aliphatic heterocycles. The van der Waals surface area contributed by atoms with E-state index in [1.54, 1.807) is 0 Å². The summed E-state index contributed by atoms with van der Waals surface area (Å²) in [6, 6.07) is 3.20. The van der Waals surface area contributed by atoms with E-state index in [1.165, 1.54) is 180 Å². The molecule has 0 aromatic rings. The molecule has 0 aromatic carbocycles. The van der Waals surface area contributed by atoms with Crippen molar-refractivity contribution in [1.82, 2.24) is 0 Å². The van der Waals surface area contributed by atoms with Gasteiger partial charge in [-0.2, -0.15) is 0 Å². The summed E-state index contributed by atoms with van der Waals surface area (Å²) < 4.78 is 11.4. The first-order chi connectivity index (χ1) is 22.9. The van der Waals surface area contributed by atoms with E-state index >= 15 is 0 Å². The van der Waals surface area contributed by atoms with Gasteiger partial charge in [0, 0.05) is 5.57 Å². The van der Waals surface area contributed by atoms with E-state index in [0.717, 1.165) is 37.4 Å². The molecular weight excluding hydrogens is 597 g/mol. The first kappa shape index (κ1) is 45.9. The van der Waals surface area contributed by atoms with Gasteiger partial charge in [-0.05, 0) is 18.1 Å². The largest absolute Gasteiger partial charge is 0.516 e. The van der Waals surface area contributed by atoms with Crippen molar-refractivity contribution >= 4 is 20.3 Å². The number of methoxy groups -OCH3 is 1. The Morgan fingerprint density at radius 3 is 0.957 bits per heavy atom. The monoisotopic (exact) mass is 679 g/mol. The molecule has 0 heterocycles. The molecule has 4 nitrogen and oxygen atoms in total. The van der Waals surface area contributed by atoms with E-state index in [-0.39, 0.29) is 18.0 Å². The van der Waals surface area contributed by atoms with Crippen LogP contribution in [0.2, 0.25) is 18.1 Å². The van der Waals surface area contributed by atoms with Gasteiger partial charge in [0.25, 0.3) is 8.32 Å². The van der Waals surface area contributed by atoms with Crippen LogP contribution in [-0.4, -0.2) is 27.4 Å². The second kappa shape index (κ2) is 34.7. The molecule has 0 amide bonds. The second-order valence-electron chi connectivity index (χ2n) is 14.7. The lowest BCUT2D eigenvalue weighted by molar-refractivity contribution is -0.141. The van der Waals surface area contributed by atoms with Gasteiger partial charge in [-0.1, -0.05) is 220 Å². The smallest absolute Gasteiger partial charge is 0.320 e. The van der Waals surface area contributed by atoms with Gasteiger partial charge in [-0.25, -0.2) is 4.79 Å². The highest BCUT2D eigenvalue weighted by Crippen LogP contribution is 2.32. The van der Waals surface area contributed by atoms with Gasteiger partial charge in [-0.15, -0.1) is 0 Å². The Morgan fingerprint density at radius 2 is 0.702 bits per heavy atom. The molecule has 47 heavy (non-hydrogen) atoms. The van der Waals surface area contributed by atoms with Crippen molar-refractivity contribution in [2.45, 2.75) is 238 Å². The van der Waals surface area contributed by atoms with E-state index in [4.69, 9.17) is 9.16 Å². The van der Waals surface area contributed by atoms with E-state index < -0.39 is 14.3 Å². The van der Waals surface area contributed by atoms with Gasteiger partial charge < -0.3 is 9.16 Å². The van der Waals surface area contributed by atoms with E-state index in [0.29, 0.717) is 0 Å². The second-order valence-corrected chi connectivity index (χ2v) is 18.8. The molecule has 0 saturated heterocycles. The zero-order chi connectivity index (χ0) is 34.7. The Bertz CT molecular complexity index is 662. The van der Waals surface area contributed by atoms with Crippen molar-refractivity contribution < 1.29 is 18.8 Å². The molecule has 278 valence electrons. The highest BCUT2D eigenvalue weighted by Gasteiger charge is 2.37. The number of esters is 1. The van der Waals surface area contributed by atoms with E-state index in [2.05, 4.69) is 27.4 Å². The lowest BCUT2D eigenvalue weighted by Crippen LogP contribution is -2.41. The van der Waals surface area contributed by atoms with Gasteiger partial charge in [-0.3, -0.25) is 4.79 Å². The summed E-state index contributed by atoms with van der Waals surface area (Å²) in [6.07, 6.45) is 39.5. The number of ether oxygens (including phenoxy) is 1. The number of carbonyl (C=O) groups excluding carboxylic acids is 2. The standard InChI is InChI=1S/C42H82O4Si/c1-6-9-12-15-18-21-24-27-30-33-36-47(46-42(44)40(4)39-41(43)45-5,37-34-31-28-25-22-19-16-13-10-7-2)38-35-32-29-26-23-20-17-14-11-8-3/h4,6-39H2,1-3,5H3. The summed E-state index contributed by atoms with van der Waals surface area (Å²) in [5.41, 5.74) is 0.253. The summed E-state index contributed by atoms with van der Waals surface area (Å²) in [6.45, 7) is 10.8. The van der Waals surface area contributed by atoms with Gasteiger partial charge >= 0.3 is 11.9 Å². The minimum absolute atomic E-state index is 0.0748. The van der Waals surface area contributed by atoms with Crippen LogP contribution in [0.3, 0.4) is 0 Å². The van der Waals surface area contributed by atoms with Crippen LogP contribution in [-0.2, 0) is 18.8 Å².